The molecule has 0 spiro atoms. The van der Waals surface area contributed by atoms with E-state index in [1.807, 2.05) is 44.2 Å². The van der Waals surface area contributed by atoms with Gasteiger partial charge in [-0.25, -0.2) is 8.78 Å². The molecule has 0 bridgehead atoms. The predicted molar refractivity (Wildman–Crippen MR) is 106 cm³/mol. The number of aliphatic hydroxyl groups excluding tert-OH is 1. The number of rotatable bonds is 7. The van der Waals surface area contributed by atoms with Gasteiger partial charge in [-0.1, -0.05) is 42.5 Å². The third kappa shape index (κ3) is 4.69. The fourth-order valence-corrected chi connectivity index (χ4v) is 3.85. The number of aliphatic hydroxyl groups is 1. The van der Waals surface area contributed by atoms with Crippen molar-refractivity contribution < 1.29 is 18.6 Å². The monoisotopic (exact) mass is 390 g/mol. The Morgan fingerprint density at radius 2 is 1.71 bits per heavy atom. The van der Waals surface area contributed by atoms with Crippen LogP contribution in [0.4, 0.5) is 8.78 Å². The average molecular weight is 390 g/mol. The third-order valence-electron chi connectivity index (χ3n) is 5.15. The number of nitrogens with one attached hydrogen (secondary N) is 1. The van der Waals surface area contributed by atoms with Gasteiger partial charge in [0.05, 0.1) is 0 Å². The van der Waals surface area contributed by atoms with Crippen LogP contribution in [-0.4, -0.2) is 48.7 Å². The normalized spacial score (nSPS) is 16.8. The van der Waals surface area contributed by atoms with Crippen LogP contribution in [0.1, 0.15) is 28.3 Å². The van der Waals surface area contributed by atoms with E-state index in [9.17, 15) is 13.9 Å². The van der Waals surface area contributed by atoms with Crippen LogP contribution in [0.2, 0.25) is 0 Å². The van der Waals surface area contributed by atoms with Crippen molar-refractivity contribution in [2.24, 2.45) is 0 Å². The van der Waals surface area contributed by atoms with Crippen molar-refractivity contribution in [3.8, 4) is 5.75 Å². The molecule has 1 heterocycles. The van der Waals surface area contributed by atoms with E-state index in [1.54, 1.807) is 17.0 Å². The van der Waals surface area contributed by atoms with Gasteiger partial charge in [-0.2, -0.15) is 0 Å². The number of benzene rings is 2. The summed E-state index contributed by atoms with van der Waals surface area (Å²) in [6.45, 7) is 5.37. The number of hydrogen-bond donors (Lipinski definition) is 2. The van der Waals surface area contributed by atoms with Gasteiger partial charge in [-0.3, -0.25) is 4.90 Å². The molecule has 1 fully saturated rings. The lowest BCUT2D eigenvalue weighted by atomic mass is 9.94. The van der Waals surface area contributed by atoms with Crippen molar-refractivity contribution in [2.45, 2.75) is 32.4 Å². The zero-order chi connectivity index (χ0) is 20.1. The number of alkyl halides is 2. The fourth-order valence-electron chi connectivity index (χ4n) is 3.85. The molecule has 0 radical (unpaired) electrons. The highest BCUT2D eigenvalue weighted by atomic mass is 19.3. The summed E-state index contributed by atoms with van der Waals surface area (Å²) in [5.41, 5.74) is 3.21. The predicted octanol–water partition coefficient (Wildman–Crippen LogP) is 3.46. The lowest BCUT2D eigenvalue weighted by molar-refractivity contribution is -0.118. The van der Waals surface area contributed by atoms with E-state index in [2.05, 4.69) is 5.32 Å². The largest absolute Gasteiger partial charge is 0.488 e. The van der Waals surface area contributed by atoms with E-state index < -0.39 is 18.6 Å². The molecule has 0 unspecified atom stereocenters. The van der Waals surface area contributed by atoms with Gasteiger partial charge >= 0.3 is 0 Å². The van der Waals surface area contributed by atoms with Gasteiger partial charge in [0.1, 0.15) is 25.0 Å². The first-order valence-electron chi connectivity index (χ1n) is 9.63. The number of aryl methyl sites for hydroxylation is 2. The Hall–Kier alpha value is -2.02. The molecule has 1 atom stereocenters. The molecule has 2 N–H and O–H groups in total. The first kappa shape index (κ1) is 20.7. The summed E-state index contributed by atoms with van der Waals surface area (Å²) in [5.74, 6) is -2.50. The number of hydrogen-bond acceptors (Lipinski definition) is 4. The first-order chi connectivity index (χ1) is 13.4. The van der Waals surface area contributed by atoms with Crippen molar-refractivity contribution in [1.29, 1.82) is 0 Å². The molecule has 0 saturated carbocycles. The van der Waals surface area contributed by atoms with Crippen LogP contribution in [0.15, 0.2) is 42.5 Å². The molecule has 3 rings (SSSR count). The molecule has 1 aliphatic rings. The van der Waals surface area contributed by atoms with Crippen molar-refractivity contribution in [1.82, 2.24) is 10.2 Å². The van der Waals surface area contributed by atoms with Crippen LogP contribution in [0, 0.1) is 13.8 Å². The maximum absolute atomic E-state index is 14.7. The second-order valence-electron chi connectivity index (χ2n) is 7.37. The van der Waals surface area contributed by atoms with Gasteiger partial charge in [0.15, 0.2) is 0 Å². The van der Waals surface area contributed by atoms with Gasteiger partial charge in [0.2, 0.25) is 0 Å². The van der Waals surface area contributed by atoms with E-state index in [1.165, 1.54) is 0 Å². The minimum atomic E-state index is -3.22. The minimum Gasteiger partial charge on any atom is -0.488 e. The number of piperazine rings is 1. The highest BCUT2D eigenvalue weighted by Crippen LogP contribution is 2.39. The topological polar surface area (TPSA) is 44.7 Å². The average Bonchev–Trinajstić information content (AvgIpc) is 2.69. The first-order valence-corrected chi connectivity index (χ1v) is 9.63. The molecule has 4 nitrogen and oxygen atoms in total. The molecular formula is C22H28F2N2O2. The van der Waals surface area contributed by atoms with Gasteiger partial charge in [0.25, 0.3) is 5.92 Å². The van der Waals surface area contributed by atoms with Crippen molar-refractivity contribution in [3.63, 3.8) is 0 Å². The molecule has 2 aromatic carbocycles. The number of halogens is 2. The minimum absolute atomic E-state index is 0.426. The van der Waals surface area contributed by atoms with Crippen molar-refractivity contribution in [2.75, 3.05) is 32.8 Å². The molecule has 6 heteroatoms. The number of ether oxygens (including phenoxy) is 1. The summed E-state index contributed by atoms with van der Waals surface area (Å²) < 4.78 is 35.3. The van der Waals surface area contributed by atoms with Gasteiger partial charge < -0.3 is 15.2 Å². The van der Waals surface area contributed by atoms with Crippen LogP contribution >= 0.6 is 0 Å². The van der Waals surface area contributed by atoms with Crippen LogP contribution in [-0.2, 0) is 6.61 Å². The highest BCUT2D eigenvalue weighted by Gasteiger charge is 2.44. The standard InChI is InChI=1S/C22H28F2N2O2/c1-16-12-19(21(22(23,24)15-27)26-10-8-25-9-11-26)13-17(2)20(16)28-14-18-6-4-3-5-7-18/h3-7,12-13,21,25,27H,8-11,14-15H2,1-2H3/t21-/m1/s1. The quantitative estimate of drug-likeness (QED) is 0.760. The summed E-state index contributed by atoms with van der Waals surface area (Å²) in [6, 6.07) is 12.2. The van der Waals surface area contributed by atoms with Crippen molar-refractivity contribution in [3.05, 3.63) is 64.7 Å². The van der Waals surface area contributed by atoms with E-state index in [4.69, 9.17) is 4.74 Å². The number of nitrogens with zero attached hydrogens (tertiary/aromatic N) is 1. The SMILES string of the molecule is Cc1cc([C@@H](N2CCNCC2)C(F)(F)CO)cc(C)c1OCc1ccccc1. The van der Waals surface area contributed by atoms with E-state index in [-0.39, 0.29) is 0 Å². The molecule has 0 aliphatic carbocycles. The molecule has 0 aromatic heterocycles. The highest BCUT2D eigenvalue weighted by molar-refractivity contribution is 5.45. The maximum Gasteiger partial charge on any atom is 0.289 e. The molecule has 0 amide bonds. The summed E-state index contributed by atoms with van der Waals surface area (Å²) in [6.07, 6.45) is 0. The van der Waals surface area contributed by atoms with Crippen LogP contribution in [0.5, 0.6) is 5.75 Å². The Bertz CT molecular complexity index is 754. The van der Waals surface area contributed by atoms with Crippen LogP contribution < -0.4 is 10.1 Å². The van der Waals surface area contributed by atoms with E-state index in [0.29, 0.717) is 38.3 Å². The van der Waals surface area contributed by atoms with Gasteiger partial charge in [-0.15, -0.1) is 0 Å². The molecular weight excluding hydrogens is 362 g/mol. The molecule has 28 heavy (non-hydrogen) atoms. The molecule has 1 aliphatic heterocycles. The summed E-state index contributed by atoms with van der Waals surface area (Å²) in [4.78, 5) is 1.76. The molecule has 152 valence electrons. The Labute approximate surface area is 165 Å². The van der Waals surface area contributed by atoms with E-state index in [0.717, 1.165) is 22.4 Å². The summed E-state index contributed by atoms with van der Waals surface area (Å²) >= 11 is 0. The smallest absolute Gasteiger partial charge is 0.289 e. The maximum atomic E-state index is 14.7. The van der Waals surface area contributed by atoms with Crippen molar-refractivity contribution >= 4 is 0 Å². The second-order valence-corrected chi connectivity index (χ2v) is 7.37. The zero-order valence-corrected chi connectivity index (χ0v) is 16.4. The summed E-state index contributed by atoms with van der Waals surface area (Å²) in [7, 11) is 0. The Kier molecular flexibility index (Phi) is 6.65. The second kappa shape index (κ2) is 8.99. The van der Waals surface area contributed by atoms with Gasteiger partial charge in [-0.05, 0) is 36.1 Å². The van der Waals surface area contributed by atoms with Crippen LogP contribution in [0.3, 0.4) is 0 Å². The lowest BCUT2D eigenvalue weighted by Crippen LogP contribution is -2.51. The zero-order valence-electron chi connectivity index (χ0n) is 16.4. The molecule has 2 aromatic rings. The van der Waals surface area contributed by atoms with E-state index >= 15 is 0 Å². The Morgan fingerprint density at radius 3 is 2.29 bits per heavy atom. The lowest BCUT2D eigenvalue weighted by Gasteiger charge is -2.39. The molecule has 1 saturated heterocycles. The Morgan fingerprint density at radius 1 is 1.11 bits per heavy atom. The van der Waals surface area contributed by atoms with Gasteiger partial charge in [0, 0.05) is 26.2 Å². The third-order valence-corrected chi connectivity index (χ3v) is 5.15. The fraction of sp³-hybridized carbons (Fsp3) is 0.455. The summed E-state index contributed by atoms with van der Waals surface area (Å²) in [5, 5.41) is 12.5. The van der Waals surface area contributed by atoms with Crippen LogP contribution in [0.25, 0.3) is 0 Å². The Balaban J connectivity index is 1.87.